The van der Waals surface area contributed by atoms with Crippen LogP contribution in [0, 0.1) is 10.1 Å². The number of nitro groups is 1. The van der Waals surface area contributed by atoms with Gasteiger partial charge in [-0.25, -0.2) is 8.42 Å². The average Bonchev–Trinajstić information content (AvgIpc) is 2.38. The number of nitrogens with zero attached hydrogens (tertiary/aromatic N) is 1. The lowest BCUT2D eigenvalue weighted by molar-refractivity contribution is -0.384. The van der Waals surface area contributed by atoms with E-state index in [9.17, 15) is 18.5 Å². The first kappa shape index (κ1) is 15.9. The first-order valence-electron chi connectivity index (χ1n) is 6.60. The first-order chi connectivity index (χ1) is 9.86. The Bertz CT molecular complexity index is 619. The summed E-state index contributed by atoms with van der Waals surface area (Å²) in [5, 5.41) is 9.71. The lowest BCUT2D eigenvalue weighted by Crippen LogP contribution is -2.60. The number of rotatable bonds is 6. The lowest BCUT2D eigenvalue weighted by atomic mass is 10.0. The molecule has 0 aliphatic carbocycles. The number of ether oxygens (including phenoxy) is 2. The van der Waals surface area contributed by atoms with E-state index in [4.69, 9.17) is 9.47 Å². The summed E-state index contributed by atoms with van der Waals surface area (Å²) in [6, 6.07) is 5.44. The largest absolute Gasteiger partial charge is 0.348 e. The number of non-ortho nitro benzene ring substituents is 1. The van der Waals surface area contributed by atoms with Crippen molar-refractivity contribution < 1.29 is 22.8 Å². The number of nitro benzene ring substituents is 1. The van der Waals surface area contributed by atoms with Crippen LogP contribution in [0.1, 0.15) is 24.7 Å². The Hall–Kier alpha value is -1.51. The normalized spacial score (nSPS) is 22.5. The van der Waals surface area contributed by atoms with Crippen molar-refractivity contribution in [3.8, 4) is 0 Å². The van der Waals surface area contributed by atoms with Crippen LogP contribution in [-0.4, -0.2) is 38.1 Å². The zero-order valence-corrected chi connectivity index (χ0v) is 12.6. The molecule has 0 bridgehead atoms. The summed E-state index contributed by atoms with van der Waals surface area (Å²) < 4.78 is 35.3. The Balaban J connectivity index is 2.39. The van der Waals surface area contributed by atoms with Crippen molar-refractivity contribution >= 4 is 15.5 Å². The van der Waals surface area contributed by atoms with Crippen molar-refractivity contribution in [1.29, 1.82) is 0 Å². The molecule has 116 valence electrons. The Kier molecular flexibility index (Phi) is 4.31. The van der Waals surface area contributed by atoms with E-state index >= 15 is 0 Å². The molecule has 1 unspecified atom stereocenters. The molecule has 1 atom stereocenters. The topological polar surface area (TPSA) is 95.7 Å². The number of hydrogen-bond acceptors (Lipinski definition) is 6. The molecular formula is C13H17NO6S. The van der Waals surface area contributed by atoms with E-state index in [2.05, 4.69) is 0 Å². The van der Waals surface area contributed by atoms with Crippen molar-refractivity contribution in [2.75, 3.05) is 19.0 Å². The second-order valence-corrected chi connectivity index (χ2v) is 6.80. The van der Waals surface area contributed by atoms with Crippen LogP contribution in [0.5, 0.6) is 0 Å². The first-order valence-corrected chi connectivity index (χ1v) is 8.31. The maximum Gasteiger partial charge on any atom is 0.269 e. The second-order valence-electron chi connectivity index (χ2n) is 4.71. The minimum atomic E-state index is -3.38. The third kappa shape index (κ3) is 2.78. The van der Waals surface area contributed by atoms with Crippen LogP contribution in [-0.2, 0) is 19.3 Å². The fourth-order valence-electron chi connectivity index (χ4n) is 2.61. The van der Waals surface area contributed by atoms with E-state index in [-0.39, 0.29) is 11.4 Å². The summed E-state index contributed by atoms with van der Waals surface area (Å²) in [5.41, 5.74) is 0.350. The fourth-order valence-corrected chi connectivity index (χ4v) is 4.71. The molecule has 0 N–H and O–H groups in total. The highest BCUT2D eigenvalue weighted by atomic mass is 32.2. The molecule has 0 radical (unpaired) electrons. The highest BCUT2D eigenvalue weighted by Crippen LogP contribution is 2.48. The molecule has 8 heteroatoms. The zero-order chi connectivity index (χ0) is 15.7. The van der Waals surface area contributed by atoms with Gasteiger partial charge in [0.2, 0.25) is 5.79 Å². The molecule has 0 saturated carbocycles. The maximum absolute atomic E-state index is 12.1. The van der Waals surface area contributed by atoms with Gasteiger partial charge in [0.1, 0.15) is 11.0 Å². The summed E-state index contributed by atoms with van der Waals surface area (Å²) in [5.74, 6) is -1.40. The predicted octanol–water partition coefficient (Wildman–Crippen LogP) is 1.83. The summed E-state index contributed by atoms with van der Waals surface area (Å²) in [6.45, 7) is 4.16. The molecule has 0 amide bonds. The third-order valence-electron chi connectivity index (χ3n) is 3.34. The molecule has 2 rings (SSSR count). The van der Waals surface area contributed by atoms with Crippen molar-refractivity contribution in [2.24, 2.45) is 0 Å². The predicted molar refractivity (Wildman–Crippen MR) is 75.6 cm³/mol. The van der Waals surface area contributed by atoms with Crippen molar-refractivity contribution in [2.45, 2.75) is 24.9 Å². The van der Waals surface area contributed by atoms with Gasteiger partial charge < -0.3 is 9.47 Å². The van der Waals surface area contributed by atoms with Crippen molar-refractivity contribution in [3.63, 3.8) is 0 Å². The molecule has 1 fully saturated rings. The summed E-state index contributed by atoms with van der Waals surface area (Å²) in [6.07, 6.45) is 0. The molecule has 1 aliphatic rings. The van der Waals surface area contributed by atoms with Crippen LogP contribution in [0.2, 0.25) is 0 Å². The Morgan fingerprint density at radius 2 is 1.76 bits per heavy atom. The SMILES string of the molecule is CCOC1(OCC)CS(=O)(=O)C1c1ccc([N+](=O)[O-])cc1. The Morgan fingerprint density at radius 3 is 2.14 bits per heavy atom. The van der Waals surface area contributed by atoms with Gasteiger partial charge in [0.25, 0.3) is 5.69 Å². The average molecular weight is 315 g/mol. The number of hydrogen-bond donors (Lipinski definition) is 0. The van der Waals surface area contributed by atoms with Gasteiger partial charge in [-0.2, -0.15) is 0 Å². The van der Waals surface area contributed by atoms with E-state index in [1.54, 1.807) is 13.8 Å². The molecule has 0 aromatic heterocycles. The van der Waals surface area contributed by atoms with Gasteiger partial charge in [0.05, 0.1) is 4.92 Å². The van der Waals surface area contributed by atoms with Gasteiger partial charge >= 0.3 is 0 Å². The third-order valence-corrected chi connectivity index (χ3v) is 5.50. The van der Waals surface area contributed by atoms with Crippen molar-refractivity contribution in [1.82, 2.24) is 0 Å². The summed E-state index contributed by atoms with van der Waals surface area (Å²) in [7, 11) is -3.38. The zero-order valence-electron chi connectivity index (χ0n) is 11.8. The van der Waals surface area contributed by atoms with E-state index in [1.807, 2.05) is 0 Å². The molecule has 21 heavy (non-hydrogen) atoms. The maximum atomic E-state index is 12.1. The van der Waals surface area contributed by atoms with Crippen LogP contribution in [0.15, 0.2) is 24.3 Å². The Morgan fingerprint density at radius 1 is 1.24 bits per heavy atom. The summed E-state index contributed by atoms with van der Waals surface area (Å²) >= 11 is 0. The van der Waals surface area contributed by atoms with Crippen LogP contribution in [0.4, 0.5) is 5.69 Å². The van der Waals surface area contributed by atoms with Gasteiger partial charge in [0.15, 0.2) is 9.84 Å². The molecule has 0 spiro atoms. The van der Waals surface area contributed by atoms with E-state index in [0.29, 0.717) is 18.8 Å². The molecule has 1 heterocycles. The van der Waals surface area contributed by atoms with Gasteiger partial charge in [-0.1, -0.05) is 12.1 Å². The molecule has 1 aromatic rings. The van der Waals surface area contributed by atoms with Gasteiger partial charge in [-0.05, 0) is 19.4 Å². The molecule has 1 saturated heterocycles. The summed E-state index contributed by atoms with van der Waals surface area (Å²) in [4.78, 5) is 10.1. The highest BCUT2D eigenvalue weighted by Gasteiger charge is 2.61. The fraction of sp³-hybridized carbons (Fsp3) is 0.538. The van der Waals surface area contributed by atoms with Crippen LogP contribution >= 0.6 is 0 Å². The van der Waals surface area contributed by atoms with Crippen molar-refractivity contribution in [3.05, 3.63) is 39.9 Å². The van der Waals surface area contributed by atoms with E-state index in [0.717, 1.165) is 0 Å². The molecular weight excluding hydrogens is 298 g/mol. The number of benzene rings is 1. The van der Waals surface area contributed by atoms with Crippen LogP contribution < -0.4 is 0 Å². The van der Waals surface area contributed by atoms with Gasteiger partial charge in [0, 0.05) is 25.3 Å². The molecule has 1 aliphatic heterocycles. The minimum absolute atomic E-state index is 0.0890. The van der Waals surface area contributed by atoms with E-state index < -0.39 is 25.8 Å². The van der Waals surface area contributed by atoms with E-state index in [1.165, 1.54) is 24.3 Å². The quantitative estimate of drug-likeness (QED) is 0.451. The lowest BCUT2D eigenvalue weighted by Gasteiger charge is -2.47. The molecule has 1 aromatic carbocycles. The Labute approximate surface area is 122 Å². The van der Waals surface area contributed by atoms with Crippen LogP contribution in [0.3, 0.4) is 0 Å². The van der Waals surface area contributed by atoms with Gasteiger partial charge in [-0.15, -0.1) is 0 Å². The molecule has 7 nitrogen and oxygen atoms in total. The smallest absolute Gasteiger partial charge is 0.269 e. The number of sulfone groups is 1. The highest BCUT2D eigenvalue weighted by molar-refractivity contribution is 7.93. The van der Waals surface area contributed by atoms with Crippen LogP contribution in [0.25, 0.3) is 0 Å². The minimum Gasteiger partial charge on any atom is -0.348 e. The monoisotopic (exact) mass is 315 g/mol. The standard InChI is InChI=1S/C13H17NO6S/c1-3-19-13(20-4-2)9-21(17,18)12(13)10-5-7-11(8-6-10)14(15)16/h5-8,12H,3-4,9H2,1-2H3. The van der Waals surface area contributed by atoms with Gasteiger partial charge in [-0.3, -0.25) is 10.1 Å². The second kappa shape index (κ2) is 5.70.